The maximum Gasteiger partial charge on any atom is 0.310 e. The van der Waals surface area contributed by atoms with Crippen molar-refractivity contribution < 1.29 is 27.5 Å². The fraction of sp³-hybridized carbons (Fsp3) is 0.529. The zero-order valence-electron chi connectivity index (χ0n) is 14.2. The molecular weight excluding hydrogens is 337 g/mol. The Labute approximate surface area is 144 Å². The van der Waals surface area contributed by atoms with E-state index in [1.165, 1.54) is 0 Å². The summed E-state index contributed by atoms with van der Waals surface area (Å²) in [6.07, 6.45) is 1.40. The summed E-state index contributed by atoms with van der Waals surface area (Å²) < 4.78 is 44.9. The molecular formula is C17H21F3N2O3. The predicted octanol–water partition coefficient (Wildman–Crippen LogP) is 2.71. The molecule has 1 N–H and O–H groups in total. The molecule has 2 atom stereocenters. The van der Waals surface area contributed by atoms with Gasteiger partial charge in [0.15, 0.2) is 17.5 Å². The minimum Gasteiger partial charge on any atom is -0.466 e. The summed E-state index contributed by atoms with van der Waals surface area (Å²) in [5.74, 6) is -5.57. The second kappa shape index (κ2) is 8.33. The molecule has 5 nitrogen and oxygen atoms in total. The van der Waals surface area contributed by atoms with Gasteiger partial charge in [-0.25, -0.2) is 13.2 Å². The van der Waals surface area contributed by atoms with Crippen LogP contribution in [0.5, 0.6) is 0 Å². The predicted molar refractivity (Wildman–Crippen MR) is 85.3 cm³/mol. The number of likely N-dealkylation sites (tertiary alicyclic amines) is 1. The van der Waals surface area contributed by atoms with Crippen molar-refractivity contribution in [2.45, 2.75) is 32.7 Å². The van der Waals surface area contributed by atoms with Crippen LogP contribution in [0.15, 0.2) is 12.1 Å². The third-order valence-corrected chi connectivity index (χ3v) is 4.29. The molecule has 1 aliphatic heterocycles. The maximum atomic E-state index is 13.7. The number of halogens is 3. The van der Waals surface area contributed by atoms with Gasteiger partial charge >= 0.3 is 5.97 Å². The van der Waals surface area contributed by atoms with Crippen molar-refractivity contribution in [2.75, 3.05) is 25.0 Å². The van der Waals surface area contributed by atoms with E-state index in [2.05, 4.69) is 5.32 Å². The van der Waals surface area contributed by atoms with Gasteiger partial charge in [-0.3, -0.25) is 14.5 Å². The van der Waals surface area contributed by atoms with Crippen LogP contribution in [0.2, 0.25) is 0 Å². The lowest BCUT2D eigenvalue weighted by Crippen LogP contribution is -2.48. The van der Waals surface area contributed by atoms with Crippen molar-refractivity contribution in [3.8, 4) is 0 Å². The number of esters is 1. The van der Waals surface area contributed by atoms with E-state index in [9.17, 15) is 22.8 Å². The summed E-state index contributed by atoms with van der Waals surface area (Å²) in [5, 5.41) is 2.27. The molecule has 0 aromatic heterocycles. The number of anilines is 1. The first kappa shape index (κ1) is 19.2. The van der Waals surface area contributed by atoms with Gasteiger partial charge in [-0.15, -0.1) is 0 Å². The van der Waals surface area contributed by atoms with E-state index in [0.29, 0.717) is 26.1 Å². The van der Waals surface area contributed by atoms with Crippen LogP contribution in [0.25, 0.3) is 0 Å². The fourth-order valence-corrected chi connectivity index (χ4v) is 2.84. The molecule has 2 rings (SSSR count). The molecule has 138 valence electrons. The molecule has 25 heavy (non-hydrogen) atoms. The molecule has 2 unspecified atom stereocenters. The molecule has 1 heterocycles. The van der Waals surface area contributed by atoms with E-state index in [-0.39, 0.29) is 11.9 Å². The average Bonchev–Trinajstić information content (AvgIpc) is 2.61. The monoisotopic (exact) mass is 358 g/mol. The van der Waals surface area contributed by atoms with Gasteiger partial charge in [0.25, 0.3) is 0 Å². The molecule has 1 aromatic carbocycles. The second-order valence-corrected chi connectivity index (χ2v) is 5.97. The molecule has 8 heteroatoms. The number of amides is 1. The highest BCUT2D eigenvalue weighted by atomic mass is 19.2. The van der Waals surface area contributed by atoms with E-state index in [4.69, 9.17) is 4.74 Å². The van der Waals surface area contributed by atoms with Gasteiger partial charge in [-0.2, -0.15) is 0 Å². The zero-order valence-corrected chi connectivity index (χ0v) is 14.2. The molecule has 0 saturated carbocycles. The number of hydrogen-bond donors (Lipinski definition) is 1. The second-order valence-electron chi connectivity index (χ2n) is 5.97. The van der Waals surface area contributed by atoms with Gasteiger partial charge in [0, 0.05) is 6.54 Å². The van der Waals surface area contributed by atoms with Crippen LogP contribution in [0.4, 0.5) is 18.9 Å². The van der Waals surface area contributed by atoms with Gasteiger partial charge in [0.05, 0.1) is 24.3 Å². The number of hydrogen-bond acceptors (Lipinski definition) is 4. The Morgan fingerprint density at radius 2 is 2.04 bits per heavy atom. The minimum atomic E-state index is -1.63. The van der Waals surface area contributed by atoms with E-state index < -0.39 is 35.1 Å². The maximum absolute atomic E-state index is 13.7. The van der Waals surface area contributed by atoms with Crippen LogP contribution in [0.1, 0.15) is 26.7 Å². The standard InChI is InChI=1S/C17H21F3N2O3/c1-3-25-17(24)11-5-4-8-22(9-11)10(2)16(23)21-13-7-6-12(18)14(19)15(13)20/h6-7,10-11H,3-5,8-9H2,1-2H3,(H,21,23). The van der Waals surface area contributed by atoms with E-state index in [0.717, 1.165) is 18.6 Å². The van der Waals surface area contributed by atoms with Crippen molar-refractivity contribution >= 4 is 17.6 Å². The molecule has 1 aromatic rings. The Bertz CT molecular complexity index is 654. The third-order valence-electron chi connectivity index (χ3n) is 4.29. The number of rotatable bonds is 5. The van der Waals surface area contributed by atoms with E-state index >= 15 is 0 Å². The summed E-state index contributed by atoms with van der Waals surface area (Å²) in [5.41, 5.74) is -0.422. The van der Waals surface area contributed by atoms with Crippen LogP contribution in [-0.4, -0.2) is 42.5 Å². The smallest absolute Gasteiger partial charge is 0.310 e. The lowest BCUT2D eigenvalue weighted by atomic mass is 9.97. The van der Waals surface area contributed by atoms with Crippen molar-refractivity contribution in [1.29, 1.82) is 0 Å². The Hall–Kier alpha value is -2.09. The number of carbonyl (C=O) groups is 2. The number of nitrogens with zero attached hydrogens (tertiary/aromatic N) is 1. The topological polar surface area (TPSA) is 58.6 Å². The Morgan fingerprint density at radius 3 is 2.72 bits per heavy atom. The first-order valence-electron chi connectivity index (χ1n) is 8.20. The van der Waals surface area contributed by atoms with Gasteiger partial charge in [0.1, 0.15) is 0 Å². The van der Waals surface area contributed by atoms with E-state index in [1.807, 2.05) is 0 Å². The van der Waals surface area contributed by atoms with Gasteiger partial charge in [-0.1, -0.05) is 0 Å². The first-order valence-corrected chi connectivity index (χ1v) is 8.20. The summed E-state index contributed by atoms with van der Waals surface area (Å²) >= 11 is 0. The van der Waals surface area contributed by atoms with Crippen molar-refractivity contribution in [3.05, 3.63) is 29.6 Å². The Balaban J connectivity index is 2.02. The molecule has 1 fully saturated rings. The Kier molecular flexibility index (Phi) is 6.41. The molecule has 1 amide bonds. The van der Waals surface area contributed by atoms with Gasteiger partial charge < -0.3 is 10.1 Å². The number of benzene rings is 1. The summed E-state index contributed by atoms with van der Waals surface area (Å²) in [7, 11) is 0. The summed E-state index contributed by atoms with van der Waals surface area (Å²) in [6.45, 7) is 4.59. The summed E-state index contributed by atoms with van der Waals surface area (Å²) in [4.78, 5) is 26.0. The SMILES string of the molecule is CCOC(=O)C1CCCN(C(C)C(=O)Nc2ccc(F)c(F)c2F)C1. The zero-order chi connectivity index (χ0) is 18.6. The van der Waals surface area contributed by atoms with E-state index in [1.54, 1.807) is 18.7 Å². The fourth-order valence-electron chi connectivity index (χ4n) is 2.84. The molecule has 0 bridgehead atoms. The van der Waals surface area contributed by atoms with Crippen LogP contribution in [0, 0.1) is 23.4 Å². The molecule has 0 aliphatic carbocycles. The highest BCUT2D eigenvalue weighted by Crippen LogP contribution is 2.22. The normalized spacial score (nSPS) is 19.3. The quantitative estimate of drug-likeness (QED) is 0.650. The third kappa shape index (κ3) is 4.50. The van der Waals surface area contributed by atoms with Crippen LogP contribution < -0.4 is 5.32 Å². The number of ether oxygens (including phenoxy) is 1. The lowest BCUT2D eigenvalue weighted by Gasteiger charge is -2.35. The lowest BCUT2D eigenvalue weighted by molar-refractivity contribution is -0.150. The molecule has 1 aliphatic rings. The number of carbonyl (C=O) groups excluding carboxylic acids is 2. The minimum absolute atomic E-state index is 0.292. The van der Waals surface area contributed by atoms with Crippen molar-refractivity contribution in [3.63, 3.8) is 0 Å². The summed E-state index contributed by atoms with van der Waals surface area (Å²) in [6, 6.07) is 1.05. The van der Waals surface area contributed by atoms with Crippen molar-refractivity contribution in [1.82, 2.24) is 4.90 Å². The highest BCUT2D eigenvalue weighted by Gasteiger charge is 2.32. The Morgan fingerprint density at radius 1 is 1.32 bits per heavy atom. The largest absolute Gasteiger partial charge is 0.466 e. The van der Waals surface area contributed by atoms with Crippen LogP contribution in [0.3, 0.4) is 0 Å². The number of piperidine rings is 1. The molecule has 0 radical (unpaired) electrons. The van der Waals surface area contributed by atoms with Crippen LogP contribution in [-0.2, 0) is 14.3 Å². The first-order chi connectivity index (χ1) is 11.8. The molecule has 0 spiro atoms. The average molecular weight is 358 g/mol. The van der Waals surface area contributed by atoms with Gasteiger partial charge in [-0.05, 0) is 45.4 Å². The van der Waals surface area contributed by atoms with Crippen LogP contribution >= 0.6 is 0 Å². The van der Waals surface area contributed by atoms with Gasteiger partial charge in [0.2, 0.25) is 5.91 Å². The number of nitrogens with one attached hydrogen (secondary N) is 1. The van der Waals surface area contributed by atoms with Crippen molar-refractivity contribution in [2.24, 2.45) is 5.92 Å². The molecule has 1 saturated heterocycles. The highest BCUT2D eigenvalue weighted by molar-refractivity contribution is 5.94.